The topological polar surface area (TPSA) is 64.2 Å². The summed E-state index contributed by atoms with van der Waals surface area (Å²) in [4.78, 5) is 0. The van der Waals surface area contributed by atoms with Crippen LogP contribution in [0.4, 0.5) is 0 Å². The van der Waals surface area contributed by atoms with Crippen molar-refractivity contribution in [3.8, 4) is 17.6 Å². The summed E-state index contributed by atoms with van der Waals surface area (Å²) in [6.45, 7) is 7.93. The molecule has 3 nitrogen and oxygen atoms in total. The summed E-state index contributed by atoms with van der Waals surface area (Å²) in [7, 11) is 0. The fourth-order valence-corrected chi connectivity index (χ4v) is 3.17. The van der Waals surface area contributed by atoms with Crippen LogP contribution in [0.3, 0.4) is 0 Å². The lowest BCUT2D eigenvalue weighted by Gasteiger charge is -2.32. The Labute approximate surface area is 143 Å². The van der Waals surface area contributed by atoms with E-state index in [0.29, 0.717) is 12.8 Å². The van der Waals surface area contributed by atoms with E-state index in [-0.39, 0.29) is 22.5 Å². The molecule has 3 heteroatoms. The summed E-state index contributed by atoms with van der Waals surface area (Å²) in [6, 6.07) is 13.7. The summed E-state index contributed by atoms with van der Waals surface area (Å²) in [6.07, 6.45) is 3.88. The SMILES string of the molecule is C=CCCc1c([C@](C)(CC)c2ccccc2)cc(O)c(O)c1C#N. The number of phenols is 2. The maximum atomic E-state index is 10.1. The molecular weight excluding hydrogens is 298 g/mol. The zero-order valence-corrected chi connectivity index (χ0v) is 14.2. The van der Waals surface area contributed by atoms with Crippen LogP contribution >= 0.6 is 0 Å². The normalized spacial score (nSPS) is 13.0. The summed E-state index contributed by atoms with van der Waals surface area (Å²) in [5.41, 5.74) is 2.56. The van der Waals surface area contributed by atoms with Crippen LogP contribution in [0.5, 0.6) is 11.5 Å². The van der Waals surface area contributed by atoms with Gasteiger partial charge in [0.2, 0.25) is 0 Å². The molecule has 0 saturated heterocycles. The number of hydrogen-bond acceptors (Lipinski definition) is 3. The molecule has 2 aromatic carbocycles. The van der Waals surface area contributed by atoms with Gasteiger partial charge in [0.05, 0.1) is 0 Å². The quantitative estimate of drug-likeness (QED) is 0.593. The summed E-state index contributed by atoms with van der Waals surface area (Å²) >= 11 is 0. The standard InChI is InChI=1S/C21H23NO2/c1-4-6-12-16-17(14-22)20(24)19(23)13-18(16)21(3,5-2)15-10-8-7-9-11-15/h4,7-11,13,23-24H,1,5-6,12H2,2-3H3/t21-/m1/s1. The molecule has 0 saturated carbocycles. The van der Waals surface area contributed by atoms with Crippen LogP contribution in [0.1, 0.15) is 48.9 Å². The van der Waals surface area contributed by atoms with Crippen molar-refractivity contribution >= 4 is 0 Å². The Bertz CT molecular complexity index is 775. The smallest absolute Gasteiger partial charge is 0.175 e. The van der Waals surface area contributed by atoms with Crippen molar-refractivity contribution in [1.82, 2.24) is 0 Å². The van der Waals surface area contributed by atoms with Gasteiger partial charge < -0.3 is 10.2 Å². The first-order valence-electron chi connectivity index (χ1n) is 8.14. The Hall–Kier alpha value is -2.73. The second kappa shape index (κ2) is 7.23. The highest BCUT2D eigenvalue weighted by Crippen LogP contribution is 2.43. The molecule has 0 aliphatic rings. The van der Waals surface area contributed by atoms with E-state index in [1.165, 1.54) is 0 Å². The van der Waals surface area contributed by atoms with Crippen LogP contribution in [0.2, 0.25) is 0 Å². The monoisotopic (exact) mass is 321 g/mol. The molecule has 1 atom stereocenters. The number of nitriles is 1. The number of benzene rings is 2. The predicted octanol–water partition coefficient (Wildman–Crippen LogP) is 4.80. The Kier molecular flexibility index (Phi) is 5.31. The minimum atomic E-state index is -0.367. The van der Waals surface area contributed by atoms with Crippen molar-refractivity contribution < 1.29 is 10.2 Å². The Morgan fingerprint density at radius 1 is 1.25 bits per heavy atom. The van der Waals surface area contributed by atoms with E-state index in [9.17, 15) is 15.5 Å². The third-order valence-corrected chi connectivity index (χ3v) is 4.81. The fraction of sp³-hybridized carbons (Fsp3) is 0.286. The van der Waals surface area contributed by atoms with Crippen molar-refractivity contribution in [1.29, 1.82) is 5.26 Å². The molecule has 0 spiro atoms. The highest BCUT2D eigenvalue weighted by atomic mass is 16.3. The number of aromatic hydroxyl groups is 2. The average molecular weight is 321 g/mol. The molecule has 2 N–H and O–H groups in total. The number of allylic oxidation sites excluding steroid dienone is 1. The van der Waals surface area contributed by atoms with Crippen LogP contribution < -0.4 is 0 Å². The summed E-state index contributed by atoms with van der Waals surface area (Å²) in [5.74, 6) is -0.591. The van der Waals surface area contributed by atoms with E-state index in [4.69, 9.17) is 0 Å². The minimum absolute atomic E-state index is 0.155. The van der Waals surface area contributed by atoms with E-state index < -0.39 is 0 Å². The maximum absolute atomic E-state index is 10.1. The molecule has 0 aliphatic heterocycles. The van der Waals surface area contributed by atoms with Gasteiger partial charge in [0.15, 0.2) is 11.5 Å². The van der Waals surface area contributed by atoms with Crippen LogP contribution in [0.25, 0.3) is 0 Å². The van der Waals surface area contributed by atoms with E-state index in [1.807, 2.05) is 18.2 Å². The first-order chi connectivity index (χ1) is 11.5. The van der Waals surface area contributed by atoms with Gasteiger partial charge in [-0.15, -0.1) is 6.58 Å². The van der Waals surface area contributed by atoms with Gasteiger partial charge in [0, 0.05) is 5.41 Å². The number of hydrogen-bond donors (Lipinski definition) is 2. The van der Waals surface area contributed by atoms with E-state index >= 15 is 0 Å². The molecule has 0 bridgehead atoms. The Morgan fingerprint density at radius 2 is 1.92 bits per heavy atom. The number of rotatable bonds is 6. The molecule has 2 aromatic rings. The third kappa shape index (κ3) is 3.00. The molecule has 0 fully saturated rings. The fourth-order valence-electron chi connectivity index (χ4n) is 3.17. The molecular formula is C21H23NO2. The van der Waals surface area contributed by atoms with Crippen LogP contribution in [0, 0.1) is 11.3 Å². The highest BCUT2D eigenvalue weighted by Gasteiger charge is 2.32. The second-order valence-electron chi connectivity index (χ2n) is 6.14. The highest BCUT2D eigenvalue weighted by molar-refractivity contribution is 5.61. The Balaban J connectivity index is 2.78. The van der Waals surface area contributed by atoms with Gasteiger partial charge >= 0.3 is 0 Å². The largest absolute Gasteiger partial charge is 0.504 e. The zero-order valence-electron chi connectivity index (χ0n) is 14.2. The average Bonchev–Trinajstić information content (AvgIpc) is 2.62. The van der Waals surface area contributed by atoms with Gasteiger partial charge in [-0.25, -0.2) is 0 Å². The molecule has 0 aromatic heterocycles. The molecule has 24 heavy (non-hydrogen) atoms. The predicted molar refractivity (Wildman–Crippen MR) is 96.2 cm³/mol. The first-order valence-corrected chi connectivity index (χ1v) is 8.14. The number of nitrogens with zero attached hydrogens (tertiary/aromatic N) is 1. The van der Waals surface area contributed by atoms with Crippen molar-refractivity contribution in [2.24, 2.45) is 0 Å². The summed E-state index contributed by atoms with van der Waals surface area (Å²) < 4.78 is 0. The lowest BCUT2D eigenvalue weighted by molar-refractivity contribution is 0.399. The van der Waals surface area contributed by atoms with Gasteiger partial charge in [-0.2, -0.15) is 5.26 Å². The number of phenolic OH excluding ortho intramolecular Hbond substituents is 2. The maximum Gasteiger partial charge on any atom is 0.175 e. The minimum Gasteiger partial charge on any atom is -0.504 e. The third-order valence-electron chi connectivity index (χ3n) is 4.81. The lowest BCUT2D eigenvalue weighted by atomic mass is 9.71. The second-order valence-corrected chi connectivity index (χ2v) is 6.14. The van der Waals surface area contributed by atoms with E-state index in [2.05, 4.69) is 38.6 Å². The first kappa shape index (κ1) is 17.6. The molecule has 0 radical (unpaired) electrons. The van der Waals surface area contributed by atoms with Gasteiger partial charge in [-0.1, -0.05) is 50.3 Å². The summed E-state index contributed by atoms with van der Waals surface area (Å²) in [5, 5.41) is 29.8. The van der Waals surface area contributed by atoms with Gasteiger partial charge in [0.1, 0.15) is 11.6 Å². The van der Waals surface area contributed by atoms with Gasteiger partial charge in [-0.05, 0) is 42.0 Å². The van der Waals surface area contributed by atoms with Crippen LogP contribution in [-0.2, 0) is 11.8 Å². The molecule has 2 rings (SSSR count). The van der Waals surface area contributed by atoms with Crippen molar-refractivity contribution in [3.63, 3.8) is 0 Å². The zero-order chi connectivity index (χ0) is 17.7. The molecule has 0 aliphatic carbocycles. The molecule has 0 amide bonds. The van der Waals surface area contributed by atoms with Crippen molar-refractivity contribution in [3.05, 3.63) is 71.3 Å². The van der Waals surface area contributed by atoms with E-state index in [1.54, 1.807) is 12.1 Å². The van der Waals surface area contributed by atoms with Gasteiger partial charge in [-0.3, -0.25) is 0 Å². The van der Waals surface area contributed by atoms with Crippen LogP contribution in [0.15, 0.2) is 49.1 Å². The Morgan fingerprint density at radius 3 is 2.46 bits per heavy atom. The van der Waals surface area contributed by atoms with Crippen molar-refractivity contribution in [2.75, 3.05) is 0 Å². The van der Waals surface area contributed by atoms with E-state index in [0.717, 1.165) is 23.1 Å². The molecule has 0 unspecified atom stereocenters. The molecule has 0 heterocycles. The van der Waals surface area contributed by atoms with Crippen LogP contribution in [-0.4, -0.2) is 10.2 Å². The lowest BCUT2D eigenvalue weighted by Crippen LogP contribution is -2.25. The van der Waals surface area contributed by atoms with Crippen molar-refractivity contribution in [2.45, 2.75) is 38.5 Å². The van der Waals surface area contributed by atoms with Gasteiger partial charge in [0.25, 0.3) is 0 Å². The molecule has 124 valence electrons.